The van der Waals surface area contributed by atoms with E-state index in [-0.39, 0.29) is 11.8 Å². The van der Waals surface area contributed by atoms with Gasteiger partial charge in [-0.2, -0.15) is 0 Å². The molecular weight excluding hydrogens is 206 g/mol. The van der Waals surface area contributed by atoms with Crippen molar-refractivity contribution in [1.29, 1.82) is 0 Å². The third kappa shape index (κ3) is 2.72. The Morgan fingerprint density at radius 3 is 2.69 bits per heavy atom. The average molecular weight is 221 g/mol. The first-order chi connectivity index (χ1) is 7.75. The van der Waals surface area contributed by atoms with Gasteiger partial charge in [-0.25, -0.2) is 0 Å². The minimum Gasteiger partial charge on any atom is -0.490 e. The smallest absolute Gasteiger partial charge is 0.273 e. The van der Waals surface area contributed by atoms with E-state index in [4.69, 9.17) is 4.74 Å². The Morgan fingerprint density at radius 1 is 1.25 bits per heavy atom. The van der Waals surface area contributed by atoms with Gasteiger partial charge in [-0.05, 0) is 31.7 Å². The quantitative estimate of drug-likeness (QED) is 0.581. The van der Waals surface area contributed by atoms with Gasteiger partial charge in [0.2, 0.25) is 0 Å². The molecule has 1 aliphatic rings. The number of non-ortho nitro benzene ring substituents is 1. The van der Waals surface area contributed by atoms with Crippen molar-refractivity contribution >= 4 is 5.69 Å². The van der Waals surface area contributed by atoms with Crippen molar-refractivity contribution in [3.63, 3.8) is 0 Å². The lowest BCUT2D eigenvalue weighted by Crippen LogP contribution is -2.19. The van der Waals surface area contributed by atoms with Crippen molar-refractivity contribution in [3.05, 3.63) is 34.4 Å². The third-order valence-electron chi connectivity index (χ3n) is 2.88. The minimum atomic E-state index is -0.395. The molecule has 0 amide bonds. The molecular formula is C12H15NO3. The van der Waals surface area contributed by atoms with E-state index in [1.165, 1.54) is 31.4 Å². The standard InChI is InChI=1S/C12H15NO3/c14-13(15)10-5-4-8-12(9-10)16-11-6-2-1-3-7-11/h4-5,8-9,11H,1-3,6-7H2. The van der Waals surface area contributed by atoms with Crippen LogP contribution in [0.5, 0.6) is 5.75 Å². The number of benzene rings is 1. The Morgan fingerprint density at radius 2 is 2.00 bits per heavy atom. The molecule has 0 aromatic heterocycles. The SMILES string of the molecule is O=[N+]([O-])c1cccc(OC2CCCCC2)c1. The maximum absolute atomic E-state index is 10.6. The van der Waals surface area contributed by atoms with E-state index in [1.807, 2.05) is 0 Å². The Hall–Kier alpha value is -1.58. The number of ether oxygens (including phenoxy) is 1. The van der Waals surface area contributed by atoms with Crippen LogP contribution < -0.4 is 4.74 Å². The first-order valence-electron chi connectivity index (χ1n) is 5.67. The van der Waals surface area contributed by atoms with Crippen LogP contribution in [0.1, 0.15) is 32.1 Å². The van der Waals surface area contributed by atoms with Gasteiger partial charge in [0.05, 0.1) is 17.1 Å². The highest BCUT2D eigenvalue weighted by Crippen LogP contribution is 2.25. The van der Waals surface area contributed by atoms with Crippen LogP contribution in [0.4, 0.5) is 5.69 Å². The predicted octanol–water partition coefficient (Wildman–Crippen LogP) is 3.31. The van der Waals surface area contributed by atoms with Crippen LogP contribution in [0.25, 0.3) is 0 Å². The summed E-state index contributed by atoms with van der Waals surface area (Å²) in [5.41, 5.74) is 0.0910. The van der Waals surface area contributed by atoms with Gasteiger partial charge in [-0.1, -0.05) is 12.5 Å². The Labute approximate surface area is 94.4 Å². The predicted molar refractivity (Wildman–Crippen MR) is 60.6 cm³/mol. The average Bonchev–Trinajstić information content (AvgIpc) is 2.30. The van der Waals surface area contributed by atoms with E-state index in [0.29, 0.717) is 5.75 Å². The van der Waals surface area contributed by atoms with Crippen molar-refractivity contribution in [3.8, 4) is 5.75 Å². The fourth-order valence-corrected chi connectivity index (χ4v) is 2.05. The molecule has 4 heteroatoms. The molecule has 1 saturated carbocycles. The third-order valence-corrected chi connectivity index (χ3v) is 2.88. The summed E-state index contributed by atoms with van der Waals surface area (Å²) in [5.74, 6) is 0.612. The zero-order valence-electron chi connectivity index (χ0n) is 9.09. The fourth-order valence-electron chi connectivity index (χ4n) is 2.05. The van der Waals surface area contributed by atoms with Crippen LogP contribution >= 0.6 is 0 Å². The lowest BCUT2D eigenvalue weighted by Gasteiger charge is -2.22. The second-order valence-electron chi connectivity index (χ2n) is 4.13. The topological polar surface area (TPSA) is 52.4 Å². The summed E-state index contributed by atoms with van der Waals surface area (Å²) in [4.78, 5) is 10.2. The van der Waals surface area contributed by atoms with E-state index in [1.54, 1.807) is 12.1 Å². The van der Waals surface area contributed by atoms with Gasteiger partial charge in [0.15, 0.2) is 0 Å². The van der Waals surface area contributed by atoms with Gasteiger partial charge in [-0.15, -0.1) is 0 Å². The van der Waals surface area contributed by atoms with Crippen LogP contribution in [0, 0.1) is 10.1 Å². The van der Waals surface area contributed by atoms with Gasteiger partial charge >= 0.3 is 0 Å². The highest BCUT2D eigenvalue weighted by Gasteiger charge is 2.15. The maximum Gasteiger partial charge on any atom is 0.273 e. The lowest BCUT2D eigenvalue weighted by atomic mass is 9.98. The van der Waals surface area contributed by atoms with Crippen LogP contribution in [-0.4, -0.2) is 11.0 Å². The molecule has 0 atom stereocenters. The molecule has 0 bridgehead atoms. The Bertz CT molecular complexity index is 372. The second-order valence-corrected chi connectivity index (χ2v) is 4.13. The highest BCUT2D eigenvalue weighted by atomic mass is 16.6. The summed E-state index contributed by atoms with van der Waals surface area (Å²) >= 11 is 0. The lowest BCUT2D eigenvalue weighted by molar-refractivity contribution is -0.384. The number of hydrogen-bond donors (Lipinski definition) is 0. The van der Waals surface area contributed by atoms with E-state index < -0.39 is 4.92 Å². The molecule has 0 radical (unpaired) electrons. The number of nitro benzene ring substituents is 1. The molecule has 0 N–H and O–H groups in total. The van der Waals surface area contributed by atoms with Gasteiger partial charge in [0, 0.05) is 6.07 Å². The molecule has 16 heavy (non-hydrogen) atoms. The van der Waals surface area contributed by atoms with Crippen molar-refractivity contribution in [1.82, 2.24) is 0 Å². The van der Waals surface area contributed by atoms with Crippen LogP contribution in [0.2, 0.25) is 0 Å². The van der Waals surface area contributed by atoms with Crippen molar-refractivity contribution < 1.29 is 9.66 Å². The largest absolute Gasteiger partial charge is 0.490 e. The molecule has 1 aromatic rings. The summed E-state index contributed by atoms with van der Waals surface area (Å²) in [6, 6.07) is 6.42. The first-order valence-corrected chi connectivity index (χ1v) is 5.67. The molecule has 0 unspecified atom stereocenters. The molecule has 0 saturated heterocycles. The Kier molecular flexibility index (Phi) is 3.39. The maximum atomic E-state index is 10.6. The molecule has 0 aliphatic heterocycles. The summed E-state index contributed by atoms with van der Waals surface area (Å²) < 4.78 is 5.74. The Balaban J connectivity index is 2.02. The summed E-state index contributed by atoms with van der Waals surface area (Å²) in [6.45, 7) is 0. The molecule has 4 nitrogen and oxygen atoms in total. The molecule has 0 heterocycles. The molecule has 2 rings (SSSR count). The van der Waals surface area contributed by atoms with Crippen molar-refractivity contribution in [2.75, 3.05) is 0 Å². The summed E-state index contributed by atoms with van der Waals surface area (Å²) in [6.07, 6.45) is 6.01. The highest BCUT2D eigenvalue weighted by molar-refractivity contribution is 5.38. The van der Waals surface area contributed by atoms with E-state index in [0.717, 1.165) is 12.8 Å². The number of nitrogens with zero attached hydrogens (tertiary/aromatic N) is 1. The van der Waals surface area contributed by atoms with Crippen molar-refractivity contribution in [2.24, 2.45) is 0 Å². The molecule has 0 spiro atoms. The van der Waals surface area contributed by atoms with Crippen LogP contribution in [0.3, 0.4) is 0 Å². The molecule has 1 fully saturated rings. The second kappa shape index (κ2) is 4.96. The van der Waals surface area contributed by atoms with Gasteiger partial charge in [0.1, 0.15) is 5.75 Å². The normalized spacial score (nSPS) is 17.0. The van der Waals surface area contributed by atoms with Crippen LogP contribution in [0.15, 0.2) is 24.3 Å². The zero-order valence-corrected chi connectivity index (χ0v) is 9.09. The molecule has 1 aliphatic carbocycles. The van der Waals surface area contributed by atoms with Gasteiger partial charge in [0.25, 0.3) is 5.69 Å². The van der Waals surface area contributed by atoms with Gasteiger partial charge < -0.3 is 4.74 Å². The summed E-state index contributed by atoms with van der Waals surface area (Å²) in [7, 11) is 0. The molecule has 86 valence electrons. The van der Waals surface area contributed by atoms with Crippen molar-refractivity contribution in [2.45, 2.75) is 38.2 Å². The van der Waals surface area contributed by atoms with E-state index >= 15 is 0 Å². The molecule has 1 aromatic carbocycles. The first kappa shape index (κ1) is 10.9. The minimum absolute atomic E-state index is 0.0910. The zero-order chi connectivity index (χ0) is 11.4. The number of nitro groups is 1. The van der Waals surface area contributed by atoms with Gasteiger partial charge in [-0.3, -0.25) is 10.1 Å². The summed E-state index contributed by atoms with van der Waals surface area (Å²) in [5, 5.41) is 10.6. The number of hydrogen-bond acceptors (Lipinski definition) is 3. The fraction of sp³-hybridized carbons (Fsp3) is 0.500. The van der Waals surface area contributed by atoms with E-state index in [9.17, 15) is 10.1 Å². The number of rotatable bonds is 3. The van der Waals surface area contributed by atoms with E-state index in [2.05, 4.69) is 0 Å². The van der Waals surface area contributed by atoms with Crippen LogP contribution in [-0.2, 0) is 0 Å². The monoisotopic (exact) mass is 221 g/mol.